The normalized spacial score (nSPS) is 26.9. The van der Waals surface area contributed by atoms with Gasteiger partial charge in [0.15, 0.2) is 33.0 Å². The van der Waals surface area contributed by atoms with Gasteiger partial charge in [0.25, 0.3) is 11.8 Å². The lowest BCUT2D eigenvalue weighted by atomic mass is 9.56. The number of carbonyl (C=O) groups excluding carboxylic acids is 4. The maximum Gasteiger partial charge on any atom is 0.258 e. The molecule has 4 amide bonds. The zero-order chi connectivity index (χ0) is 40.9. The van der Waals surface area contributed by atoms with Crippen molar-refractivity contribution in [2.24, 2.45) is 28.0 Å². The molecule has 8 rings (SSSR count). The van der Waals surface area contributed by atoms with Crippen molar-refractivity contribution in [2.45, 2.75) is 28.5 Å². The molecule has 4 aromatic rings. The molecule has 2 saturated heterocycles. The number of alkyl halides is 2. The summed E-state index contributed by atoms with van der Waals surface area (Å²) in [6, 6.07) is 18.7. The number of hydrogen-bond acceptors (Lipinski definition) is 8. The summed E-state index contributed by atoms with van der Waals surface area (Å²) in [6.07, 6.45) is 0.917. The second-order valence-corrected chi connectivity index (χ2v) is 15.7. The summed E-state index contributed by atoms with van der Waals surface area (Å²) >= 11 is 14.3. The molecule has 6 atom stereocenters. The fourth-order valence-electron chi connectivity index (χ4n) is 8.46. The molecule has 2 heterocycles. The maximum absolute atomic E-state index is 15.3. The number of benzene rings is 4. The molecular weight excluding hydrogens is 796 g/mol. The molecule has 4 aromatic carbocycles. The van der Waals surface area contributed by atoms with Crippen LogP contribution < -0.4 is 14.7 Å². The van der Waals surface area contributed by atoms with E-state index in [2.05, 4.69) is 10.2 Å². The largest absolute Gasteiger partial charge is 0.508 e. The van der Waals surface area contributed by atoms with Gasteiger partial charge in [0.05, 0.1) is 28.9 Å². The SMILES string of the molecule is CN(C)c1ccc(N=Nc2ccc(N3C(=O)[C@H]4[C@H](CC=C5[C@H]4C[C@@]4(Cl)C(=O)N(c6c(F)c(F)c(F)c(F)c6F)C(=O)[C@@]4(Cl)[C@H]5c4ccc(O)cc4)C3=O)cc2)cc1. The van der Waals surface area contributed by atoms with Gasteiger partial charge in [-0.2, -0.15) is 10.2 Å². The van der Waals surface area contributed by atoms with Gasteiger partial charge in [0.1, 0.15) is 11.4 Å². The molecule has 292 valence electrons. The number of nitrogens with zero attached hydrogens (tertiary/aromatic N) is 5. The van der Waals surface area contributed by atoms with Crippen LogP contribution in [-0.2, 0) is 19.2 Å². The van der Waals surface area contributed by atoms with Crippen LogP contribution in [0.3, 0.4) is 0 Å². The van der Waals surface area contributed by atoms with Gasteiger partial charge in [-0.25, -0.2) is 26.9 Å². The highest BCUT2D eigenvalue weighted by molar-refractivity contribution is 6.58. The van der Waals surface area contributed by atoms with E-state index in [1.54, 1.807) is 30.3 Å². The molecule has 17 heteroatoms. The molecule has 10 nitrogen and oxygen atoms in total. The van der Waals surface area contributed by atoms with Gasteiger partial charge in [-0.3, -0.25) is 24.1 Å². The highest BCUT2D eigenvalue weighted by atomic mass is 35.5. The molecule has 2 aliphatic carbocycles. The van der Waals surface area contributed by atoms with Crippen LogP contribution in [0.4, 0.5) is 50.4 Å². The van der Waals surface area contributed by atoms with Crippen LogP contribution in [0, 0.1) is 46.8 Å². The number of imide groups is 2. The minimum atomic E-state index is -2.66. The predicted octanol–water partition coefficient (Wildman–Crippen LogP) is 8.34. The highest BCUT2D eigenvalue weighted by Gasteiger charge is 2.77. The van der Waals surface area contributed by atoms with Gasteiger partial charge < -0.3 is 10.0 Å². The van der Waals surface area contributed by atoms with Crippen molar-refractivity contribution in [2.75, 3.05) is 28.8 Å². The Morgan fingerprint density at radius 3 is 1.81 bits per heavy atom. The molecule has 0 radical (unpaired) electrons. The van der Waals surface area contributed by atoms with Crippen molar-refractivity contribution < 1.29 is 46.2 Å². The van der Waals surface area contributed by atoms with Gasteiger partial charge >= 0.3 is 0 Å². The van der Waals surface area contributed by atoms with E-state index < -0.39 is 98.2 Å². The van der Waals surface area contributed by atoms with Crippen molar-refractivity contribution in [3.8, 4) is 5.75 Å². The minimum absolute atomic E-state index is 0.0309. The summed E-state index contributed by atoms with van der Waals surface area (Å²) in [7, 11) is 3.81. The second-order valence-electron chi connectivity index (χ2n) is 14.4. The van der Waals surface area contributed by atoms with Crippen LogP contribution in [0.15, 0.2) is 94.7 Å². The standard InChI is InChI=1S/C40H28Cl2F5N5O5/c1-50(2)21-9-5-19(6-10-21)48-49-20-7-11-22(12-8-20)51-35(54)25-16-15-24-26(27(25)36(51)55)17-39(41)37(56)52(34-32(46)30(44)29(43)31(45)33(34)47)38(57)40(39,42)28(24)18-3-13-23(53)14-4-18/h3-15,25-28,53H,16-17H2,1-2H3/t25-,26+,27-,28-,39+,40-/m0/s1. The van der Waals surface area contributed by atoms with Crippen molar-refractivity contribution >= 4 is 75.3 Å². The lowest BCUT2D eigenvalue weighted by molar-refractivity contribution is -0.125. The number of aromatic hydroxyl groups is 1. The van der Waals surface area contributed by atoms with Crippen molar-refractivity contribution in [1.29, 1.82) is 0 Å². The van der Waals surface area contributed by atoms with E-state index in [1.165, 1.54) is 36.4 Å². The van der Waals surface area contributed by atoms with Gasteiger partial charge in [-0.05, 0) is 85.0 Å². The Kier molecular flexibility index (Phi) is 9.04. The van der Waals surface area contributed by atoms with Crippen LogP contribution in [0.25, 0.3) is 0 Å². The number of carbonyl (C=O) groups is 4. The Labute approximate surface area is 330 Å². The van der Waals surface area contributed by atoms with Crippen LogP contribution >= 0.6 is 23.2 Å². The van der Waals surface area contributed by atoms with Gasteiger partial charge in [-0.1, -0.05) is 23.8 Å². The second kappa shape index (κ2) is 13.5. The fraction of sp³-hybridized carbons (Fsp3) is 0.250. The zero-order valence-electron chi connectivity index (χ0n) is 29.7. The molecule has 57 heavy (non-hydrogen) atoms. The van der Waals surface area contributed by atoms with Gasteiger partial charge in [-0.15, -0.1) is 23.2 Å². The summed E-state index contributed by atoms with van der Waals surface area (Å²) in [5.74, 6) is -21.6. The van der Waals surface area contributed by atoms with Crippen molar-refractivity contribution in [3.05, 3.63) is 119 Å². The number of phenolic OH excluding ortho intramolecular Hbond substituents is 1. The van der Waals surface area contributed by atoms with Crippen LogP contribution in [-0.4, -0.2) is 52.6 Å². The molecule has 4 aliphatic rings. The summed E-state index contributed by atoms with van der Waals surface area (Å²) in [5, 5.41) is 18.5. The molecule has 0 unspecified atom stereocenters. The van der Waals surface area contributed by atoms with E-state index in [0.29, 0.717) is 11.4 Å². The van der Waals surface area contributed by atoms with E-state index in [-0.39, 0.29) is 33.9 Å². The molecule has 0 aromatic heterocycles. The minimum Gasteiger partial charge on any atom is -0.508 e. The molecule has 2 aliphatic heterocycles. The number of azo groups is 1. The lowest BCUT2D eigenvalue weighted by Gasteiger charge is -2.50. The quantitative estimate of drug-likeness (QED) is 0.0397. The summed E-state index contributed by atoms with van der Waals surface area (Å²) < 4.78 is 73.5. The maximum atomic E-state index is 15.3. The number of anilines is 3. The Bertz CT molecular complexity index is 2440. The Balaban J connectivity index is 1.17. The van der Waals surface area contributed by atoms with E-state index in [9.17, 15) is 37.5 Å². The first-order valence-electron chi connectivity index (χ1n) is 17.4. The molecule has 0 spiro atoms. The third-order valence-electron chi connectivity index (χ3n) is 11.2. The molecule has 1 N–H and O–H groups in total. The first-order valence-corrected chi connectivity index (χ1v) is 18.2. The Morgan fingerprint density at radius 1 is 0.702 bits per heavy atom. The number of amides is 4. The van der Waals surface area contributed by atoms with E-state index >= 15 is 8.78 Å². The average molecular weight is 825 g/mol. The van der Waals surface area contributed by atoms with Crippen LogP contribution in [0.1, 0.15) is 24.3 Å². The summed E-state index contributed by atoms with van der Waals surface area (Å²) in [6.45, 7) is 0. The first kappa shape index (κ1) is 38.2. The fourth-order valence-corrected chi connectivity index (χ4v) is 9.40. The average Bonchev–Trinajstić information content (AvgIpc) is 3.54. The van der Waals surface area contributed by atoms with Crippen molar-refractivity contribution in [1.82, 2.24) is 0 Å². The predicted molar refractivity (Wildman–Crippen MR) is 198 cm³/mol. The lowest BCUT2D eigenvalue weighted by Crippen LogP contribution is -2.60. The van der Waals surface area contributed by atoms with E-state index in [1.807, 2.05) is 31.1 Å². The first-order chi connectivity index (χ1) is 27.0. The van der Waals surface area contributed by atoms with E-state index in [0.717, 1.165) is 10.6 Å². The van der Waals surface area contributed by atoms with Gasteiger partial charge in [0.2, 0.25) is 17.6 Å². The molecular formula is C40H28Cl2F5N5O5. The number of hydrogen-bond donors (Lipinski definition) is 1. The smallest absolute Gasteiger partial charge is 0.258 e. The molecule has 0 bridgehead atoms. The number of phenols is 1. The van der Waals surface area contributed by atoms with Gasteiger partial charge in [0, 0.05) is 25.7 Å². The Morgan fingerprint density at radius 2 is 1.25 bits per heavy atom. The summed E-state index contributed by atoms with van der Waals surface area (Å²) in [5.41, 5.74) is 0.779. The van der Waals surface area contributed by atoms with E-state index in [4.69, 9.17) is 23.2 Å². The highest BCUT2D eigenvalue weighted by Crippen LogP contribution is 2.66. The monoisotopic (exact) mass is 823 g/mol. The Hall–Kier alpha value is -5.67. The third-order valence-corrected chi connectivity index (χ3v) is 12.6. The molecule has 3 fully saturated rings. The number of rotatable bonds is 6. The topological polar surface area (TPSA) is 123 Å². The number of fused-ring (bicyclic) bond motifs is 4. The number of halogens is 7. The number of allylic oxidation sites excluding steroid dienone is 2. The molecule has 1 saturated carbocycles. The van der Waals surface area contributed by atoms with Crippen LogP contribution in [0.5, 0.6) is 5.75 Å². The third kappa shape index (κ3) is 5.49. The zero-order valence-corrected chi connectivity index (χ0v) is 31.2. The summed E-state index contributed by atoms with van der Waals surface area (Å²) in [4.78, 5) is 54.5. The van der Waals surface area contributed by atoms with Crippen LogP contribution in [0.2, 0.25) is 0 Å². The van der Waals surface area contributed by atoms with Crippen molar-refractivity contribution in [3.63, 3.8) is 0 Å².